The highest BCUT2D eigenvalue weighted by Crippen LogP contribution is 2.29. The van der Waals surface area contributed by atoms with Crippen molar-refractivity contribution in [3.8, 4) is 0 Å². The maximum Gasteiger partial charge on any atom is 0.232 e. The third-order valence-electron chi connectivity index (χ3n) is 2.79. The Balaban J connectivity index is 1.99. The third kappa shape index (κ3) is 3.72. The third-order valence-corrected chi connectivity index (χ3v) is 4.30. The van der Waals surface area contributed by atoms with Crippen LogP contribution in [0.2, 0.25) is 5.02 Å². The zero-order valence-corrected chi connectivity index (χ0v) is 12.3. The lowest BCUT2D eigenvalue weighted by molar-refractivity contribution is 0.151. The van der Waals surface area contributed by atoms with Crippen LogP contribution in [0.1, 0.15) is 31.5 Å². The molecule has 4 nitrogen and oxygen atoms in total. The van der Waals surface area contributed by atoms with Gasteiger partial charge in [-0.1, -0.05) is 35.8 Å². The van der Waals surface area contributed by atoms with Crippen molar-refractivity contribution in [3.05, 3.63) is 41.0 Å². The standard InChI is InChI=1S/C13H15ClN2O2S/c1-8(9(2)17)13-15-12(16-18-13)7-19-11-6-4-3-5-10(11)14/h3-6,8-9,17H,7H2,1-2H3. The van der Waals surface area contributed by atoms with Crippen molar-refractivity contribution in [1.82, 2.24) is 10.1 Å². The van der Waals surface area contributed by atoms with E-state index in [2.05, 4.69) is 10.1 Å². The molecule has 2 rings (SSSR count). The maximum atomic E-state index is 9.48. The molecule has 1 heterocycles. The maximum absolute atomic E-state index is 9.48. The molecule has 6 heteroatoms. The molecule has 0 aliphatic rings. The van der Waals surface area contributed by atoms with E-state index < -0.39 is 6.10 Å². The lowest BCUT2D eigenvalue weighted by atomic mass is 10.1. The Hall–Kier alpha value is -1.04. The van der Waals surface area contributed by atoms with E-state index in [4.69, 9.17) is 16.1 Å². The van der Waals surface area contributed by atoms with Gasteiger partial charge in [0.05, 0.1) is 22.8 Å². The Labute approximate surface area is 121 Å². The van der Waals surface area contributed by atoms with Crippen molar-refractivity contribution < 1.29 is 9.63 Å². The van der Waals surface area contributed by atoms with Crippen molar-refractivity contribution in [2.45, 2.75) is 36.5 Å². The van der Waals surface area contributed by atoms with Gasteiger partial charge in [0.25, 0.3) is 0 Å². The predicted molar refractivity (Wildman–Crippen MR) is 75.4 cm³/mol. The zero-order chi connectivity index (χ0) is 13.8. The largest absolute Gasteiger partial charge is 0.393 e. The highest BCUT2D eigenvalue weighted by molar-refractivity contribution is 7.98. The Morgan fingerprint density at radius 3 is 2.79 bits per heavy atom. The molecule has 0 radical (unpaired) electrons. The average Bonchev–Trinajstić information content (AvgIpc) is 2.85. The molecule has 2 unspecified atom stereocenters. The van der Waals surface area contributed by atoms with Crippen LogP contribution in [0.3, 0.4) is 0 Å². The van der Waals surface area contributed by atoms with Crippen LogP contribution in [0.4, 0.5) is 0 Å². The number of rotatable bonds is 5. The second-order valence-corrected chi connectivity index (χ2v) is 5.72. The van der Waals surface area contributed by atoms with Crippen LogP contribution in [0.5, 0.6) is 0 Å². The monoisotopic (exact) mass is 298 g/mol. The van der Waals surface area contributed by atoms with E-state index in [9.17, 15) is 5.11 Å². The number of hydrogen-bond donors (Lipinski definition) is 1. The zero-order valence-electron chi connectivity index (χ0n) is 10.7. The number of benzene rings is 1. The van der Waals surface area contributed by atoms with Crippen LogP contribution in [0.25, 0.3) is 0 Å². The van der Waals surface area contributed by atoms with Crippen LogP contribution in [-0.4, -0.2) is 21.4 Å². The minimum atomic E-state index is -0.510. The minimum absolute atomic E-state index is 0.161. The predicted octanol–water partition coefficient (Wildman–Crippen LogP) is 3.50. The molecule has 0 aliphatic heterocycles. The van der Waals surface area contributed by atoms with Crippen LogP contribution in [-0.2, 0) is 5.75 Å². The highest BCUT2D eigenvalue weighted by Gasteiger charge is 2.18. The smallest absolute Gasteiger partial charge is 0.232 e. The Kier molecular flexibility index (Phi) is 4.85. The van der Waals surface area contributed by atoms with Crippen LogP contribution in [0.15, 0.2) is 33.7 Å². The number of aromatic nitrogens is 2. The first kappa shape index (κ1) is 14.4. The molecular weight excluding hydrogens is 284 g/mol. The summed E-state index contributed by atoms with van der Waals surface area (Å²) in [7, 11) is 0. The summed E-state index contributed by atoms with van der Waals surface area (Å²) in [4.78, 5) is 5.26. The fourth-order valence-corrected chi connectivity index (χ4v) is 2.50. The second kappa shape index (κ2) is 6.41. The van der Waals surface area contributed by atoms with E-state index >= 15 is 0 Å². The first-order valence-corrected chi connectivity index (χ1v) is 7.32. The normalized spacial score (nSPS) is 14.3. The van der Waals surface area contributed by atoms with Gasteiger partial charge in [0.2, 0.25) is 5.89 Å². The molecule has 0 saturated carbocycles. The topological polar surface area (TPSA) is 59.2 Å². The first-order valence-electron chi connectivity index (χ1n) is 5.96. The molecule has 0 amide bonds. The Bertz CT molecular complexity index is 545. The van der Waals surface area contributed by atoms with Crippen molar-refractivity contribution in [1.29, 1.82) is 0 Å². The molecule has 2 atom stereocenters. The fourth-order valence-electron chi connectivity index (χ4n) is 1.42. The molecule has 0 bridgehead atoms. The summed E-state index contributed by atoms with van der Waals surface area (Å²) in [6.45, 7) is 3.55. The van der Waals surface area contributed by atoms with Gasteiger partial charge >= 0.3 is 0 Å². The van der Waals surface area contributed by atoms with Crippen molar-refractivity contribution in [2.24, 2.45) is 0 Å². The molecule has 0 fully saturated rings. The summed E-state index contributed by atoms with van der Waals surface area (Å²) in [6.07, 6.45) is -0.510. The van der Waals surface area contributed by atoms with Gasteiger partial charge in [0.15, 0.2) is 5.82 Å². The van der Waals surface area contributed by atoms with Gasteiger partial charge < -0.3 is 9.63 Å². The molecule has 19 heavy (non-hydrogen) atoms. The van der Waals surface area contributed by atoms with Gasteiger partial charge in [-0.3, -0.25) is 0 Å². The molecule has 0 aliphatic carbocycles. The molecule has 0 spiro atoms. The van der Waals surface area contributed by atoms with Gasteiger partial charge in [0.1, 0.15) is 0 Å². The van der Waals surface area contributed by atoms with Crippen LogP contribution >= 0.6 is 23.4 Å². The van der Waals surface area contributed by atoms with Gasteiger partial charge in [-0.25, -0.2) is 0 Å². The summed E-state index contributed by atoms with van der Waals surface area (Å²) in [5.41, 5.74) is 0. The molecule has 1 aromatic carbocycles. The fraction of sp³-hybridized carbons (Fsp3) is 0.385. The van der Waals surface area contributed by atoms with Crippen molar-refractivity contribution in [3.63, 3.8) is 0 Å². The summed E-state index contributed by atoms with van der Waals surface area (Å²) in [5, 5.41) is 14.1. The van der Waals surface area contributed by atoms with E-state index in [1.54, 1.807) is 18.7 Å². The molecule has 0 saturated heterocycles. The number of nitrogens with zero attached hydrogens (tertiary/aromatic N) is 2. The van der Waals surface area contributed by atoms with E-state index in [-0.39, 0.29) is 5.92 Å². The number of aliphatic hydroxyl groups is 1. The summed E-state index contributed by atoms with van der Waals surface area (Å²) in [5.74, 6) is 1.49. The second-order valence-electron chi connectivity index (χ2n) is 4.30. The molecule has 1 aromatic heterocycles. The molecule has 2 aromatic rings. The minimum Gasteiger partial charge on any atom is -0.393 e. The SMILES string of the molecule is CC(O)C(C)c1nc(CSc2ccccc2Cl)no1. The highest BCUT2D eigenvalue weighted by atomic mass is 35.5. The van der Waals surface area contributed by atoms with E-state index in [1.165, 1.54) is 0 Å². The van der Waals surface area contributed by atoms with Crippen LogP contribution in [0, 0.1) is 0 Å². The van der Waals surface area contributed by atoms with Crippen molar-refractivity contribution >= 4 is 23.4 Å². The average molecular weight is 299 g/mol. The Morgan fingerprint density at radius 2 is 2.11 bits per heavy atom. The lowest BCUT2D eigenvalue weighted by Crippen LogP contribution is -2.11. The van der Waals surface area contributed by atoms with E-state index in [1.807, 2.05) is 31.2 Å². The summed E-state index contributed by atoms with van der Waals surface area (Å²) < 4.78 is 5.14. The number of hydrogen-bond acceptors (Lipinski definition) is 5. The van der Waals surface area contributed by atoms with Gasteiger partial charge in [-0.15, -0.1) is 11.8 Å². The van der Waals surface area contributed by atoms with Crippen molar-refractivity contribution in [2.75, 3.05) is 0 Å². The number of thioether (sulfide) groups is 1. The lowest BCUT2D eigenvalue weighted by Gasteiger charge is -2.08. The molecular formula is C13H15ClN2O2S. The molecule has 102 valence electrons. The summed E-state index contributed by atoms with van der Waals surface area (Å²) >= 11 is 7.62. The van der Waals surface area contributed by atoms with E-state index in [0.717, 1.165) is 4.90 Å². The Morgan fingerprint density at radius 1 is 1.37 bits per heavy atom. The summed E-state index contributed by atoms with van der Waals surface area (Å²) in [6, 6.07) is 7.63. The quantitative estimate of drug-likeness (QED) is 0.856. The number of halogens is 1. The van der Waals surface area contributed by atoms with Gasteiger partial charge in [-0.2, -0.15) is 4.98 Å². The van der Waals surface area contributed by atoms with Gasteiger partial charge in [0, 0.05) is 4.90 Å². The number of aliphatic hydroxyl groups excluding tert-OH is 1. The van der Waals surface area contributed by atoms with Gasteiger partial charge in [-0.05, 0) is 19.1 Å². The molecule has 1 N–H and O–H groups in total. The van der Waals surface area contributed by atoms with E-state index in [0.29, 0.717) is 22.5 Å². The van der Waals surface area contributed by atoms with Crippen LogP contribution < -0.4 is 0 Å². The first-order chi connectivity index (χ1) is 9.08.